The highest BCUT2D eigenvalue weighted by molar-refractivity contribution is 7.92. The van der Waals surface area contributed by atoms with Crippen molar-refractivity contribution in [3.05, 3.63) is 66.7 Å². The summed E-state index contributed by atoms with van der Waals surface area (Å²) in [5.41, 5.74) is 1.97. The Hall–Kier alpha value is -4.46. The summed E-state index contributed by atoms with van der Waals surface area (Å²) in [7, 11) is 2.83. The second-order valence-corrected chi connectivity index (χ2v) is 11.0. The first-order valence-electron chi connectivity index (χ1n) is 12.7. The van der Waals surface area contributed by atoms with Gasteiger partial charge in [0.1, 0.15) is 11.5 Å². The highest BCUT2D eigenvalue weighted by Crippen LogP contribution is 2.31. The molecule has 0 aliphatic heterocycles. The number of hydrogen-bond donors (Lipinski definition) is 4. The van der Waals surface area contributed by atoms with Crippen molar-refractivity contribution in [2.45, 2.75) is 4.90 Å². The SMILES string of the molecule is COc1cc(Nc2nc3ccccc3nc2NS(=O)(=O)c2cccc(NC(=O)CNCCN(C)C)c2)cc(OC)c1. The summed E-state index contributed by atoms with van der Waals surface area (Å²) in [5, 5.41) is 8.90. The second-order valence-electron chi connectivity index (χ2n) is 9.30. The molecular weight excluding hydrogens is 546 g/mol. The number of carbonyl (C=O) groups excluding carboxylic acids is 1. The van der Waals surface area contributed by atoms with Crippen molar-refractivity contribution in [1.29, 1.82) is 0 Å². The molecule has 3 aromatic carbocycles. The van der Waals surface area contributed by atoms with Crippen LogP contribution < -0.4 is 30.1 Å². The van der Waals surface area contributed by atoms with Gasteiger partial charge in [0, 0.05) is 42.7 Å². The molecule has 4 rings (SSSR count). The van der Waals surface area contributed by atoms with E-state index in [0.717, 1.165) is 6.54 Å². The number of amides is 1. The number of carbonyl (C=O) groups is 1. The highest BCUT2D eigenvalue weighted by Gasteiger charge is 2.20. The van der Waals surface area contributed by atoms with Gasteiger partial charge in [0.05, 0.1) is 36.7 Å². The van der Waals surface area contributed by atoms with Crippen LogP contribution in [-0.2, 0) is 14.8 Å². The molecule has 4 N–H and O–H groups in total. The molecule has 0 bridgehead atoms. The van der Waals surface area contributed by atoms with Crippen molar-refractivity contribution in [1.82, 2.24) is 20.2 Å². The molecule has 0 fully saturated rings. The topological polar surface area (TPSA) is 147 Å². The number of fused-ring (bicyclic) bond motifs is 1. The fourth-order valence-electron chi connectivity index (χ4n) is 3.81. The van der Waals surface area contributed by atoms with E-state index in [-0.39, 0.29) is 29.0 Å². The number of nitrogens with one attached hydrogen (secondary N) is 4. The fraction of sp³-hybridized carbons (Fsp3) is 0.250. The van der Waals surface area contributed by atoms with Gasteiger partial charge in [-0.2, -0.15) is 0 Å². The Balaban J connectivity index is 1.59. The molecule has 0 saturated carbocycles. The average molecular weight is 580 g/mol. The lowest BCUT2D eigenvalue weighted by Gasteiger charge is -2.15. The Labute approximate surface area is 239 Å². The maximum Gasteiger partial charge on any atom is 0.263 e. The van der Waals surface area contributed by atoms with E-state index < -0.39 is 10.0 Å². The summed E-state index contributed by atoms with van der Waals surface area (Å²) in [5.74, 6) is 0.955. The van der Waals surface area contributed by atoms with Gasteiger partial charge < -0.3 is 30.3 Å². The van der Waals surface area contributed by atoms with Gasteiger partial charge in [-0.1, -0.05) is 18.2 Å². The second kappa shape index (κ2) is 13.3. The van der Waals surface area contributed by atoms with Gasteiger partial charge in [0.2, 0.25) is 5.91 Å². The number of rotatable bonds is 13. The molecule has 1 heterocycles. The molecule has 4 aromatic rings. The van der Waals surface area contributed by atoms with E-state index in [1.54, 1.807) is 48.5 Å². The first-order chi connectivity index (χ1) is 19.7. The lowest BCUT2D eigenvalue weighted by molar-refractivity contribution is -0.115. The van der Waals surface area contributed by atoms with Crippen molar-refractivity contribution in [3.8, 4) is 11.5 Å². The zero-order valence-electron chi connectivity index (χ0n) is 23.3. The molecular formula is C28H33N7O5S. The van der Waals surface area contributed by atoms with Crippen LogP contribution in [0.5, 0.6) is 11.5 Å². The van der Waals surface area contributed by atoms with Crippen LogP contribution in [-0.4, -0.2) is 77.1 Å². The quantitative estimate of drug-likeness (QED) is 0.174. The molecule has 0 aliphatic carbocycles. The minimum Gasteiger partial charge on any atom is -0.497 e. The summed E-state index contributed by atoms with van der Waals surface area (Å²) in [6.45, 7) is 1.52. The van der Waals surface area contributed by atoms with E-state index in [9.17, 15) is 13.2 Å². The molecule has 0 atom stereocenters. The van der Waals surface area contributed by atoms with E-state index in [1.807, 2.05) is 25.1 Å². The third kappa shape index (κ3) is 8.03. The summed E-state index contributed by atoms with van der Waals surface area (Å²) in [6.07, 6.45) is 0. The van der Waals surface area contributed by atoms with Gasteiger partial charge in [-0.25, -0.2) is 18.4 Å². The Bertz CT molecular complexity index is 1610. The first-order valence-corrected chi connectivity index (χ1v) is 14.2. The van der Waals surface area contributed by atoms with E-state index in [2.05, 4.69) is 30.6 Å². The van der Waals surface area contributed by atoms with Crippen molar-refractivity contribution in [3.63, 3.8) is 0 Å². The number of methoxy groups -OCH3 is 2. The lowest BCUT2D eigenvalue weighted by Crippen LogP contribution is -2.33. The smallest absolute Gasteiger partial charge is 0.263 e. The molecule has 0 unspecified atom stereocenters. The van der Waals surface area contributed by atoms with Crippen LogP contribution in [0.15, 0.2) is 71.6 Å². The molecule has 41 heavy (non-hydrogen) atoms. The van der Waals surface area contributed by atoms with Gasteiger partial charge in [-0.05, 0) is 44.4 Å². The van der Waals surface area contributed by atoms with Gasteiger partial charge in [-0.3, -0.25) is 9.52 Å². The van der Waals surface area contributed by atoms with Crippen LogP contribution >= 0.6 is 0 Å². The minimum absolute atomic E-state index is 0.00924. The zero-order chi connectivity index (χ0) is 29.4. The molecule has 1 aromatic heterocycles. The van der Waals surface area contributed by atoms with Crippen LogP contribution in [0.2, 0.25) is 0 Å². The number of likely N-dealkylation sites (N-methyl/N-ethyl adjacent to an activating group) is 1. The predicted molar refractivity (Wildman–Crippen MR) is 160 cm³/mol. The van der Waals surface area contributed by atoms with Gasteiger partial charge in [0.15, 0.2) is 11.6 Å². The number of ether oxygens (including phenoxy) is 2. The number of anilines is 4. The Morgan fingerprint density at radius 2 is 1.51 bits per heavy atom. The molecule has 12 nitrogen and oxygen atoms in total. The summed E-state index contributed by atoms with van der Waals surface area (Å²) in [6, 6.07) is 18.3. The Morgan fingerprint density at radius 1 is 0.854 bits per heavy atom. The van der Waals surface area contributed by atoms with Gasteiger partial charge >= 0.3 is 0 Å². The number of sulfonamides is 1. The molecule has 0 radical (unpaired) electrons. The van der Waals surface area contributed by atoms with Crippen LogP contribution in [0, 0.1) is 0 Å². The monoisotopic (exact) mass is 579 g/mol. The number of aromatic nitrogens is 2. The number of nitrogens with zero attached hydrogens (tertiary/aromatic N) is 3. The van der Waals surface area contributed by atoms with Crippen LogP contribution in [0.25, 0.3) is 11.0 Å². The van der Waals surface area contributed by atoms with Crippen LogP contribution in [0.3, 0.4) is 0 Å². The Morgan fingerprint density at radius 3 is 2.15 bits per heavy atom. The summed E-state index contributed by atoms with van der Waals surface area (Å²) < 4.78 is 40.2. The maximum absolute atomic E-state index is 13.5. The fourth-order valence-corrected chi connectivity index (χ4v) is 4.87. The normalized spacial score (nSPS) is 11.3. The van der Waals surface area contributed by atoms with E-state index in [1.165, 1.54) is 26.4 Å². The zero-order valence-corrected chi connectivity index (χ0v) is 24.1. The molecule has 1 amide bonds. The van der Waals surface area contributed by atoms with Crippen molar-refractivity contribution in [2.24, 2.45) is 0 Å². The molecule has 0 saturated heterocycles. The molecule has 0 spiro atoms. The predicted octanol–water partition coefficient (Wildman–Crippen LogP) is 3.28. The van der Waals surface area contributed by atoms with E-state index >= 15 is 0 Å². The highest BCUT2D eigenvalue weighted by atomic mass is 32.2. The van der Waals surface area contributed by atoms with Crippen LogP contribution in [0.1, 0.15) is 0 Å². The van der Waals surface area contributed by atoms with E-state index in [4.69, 9.17) is 9.47 Å². The van der Waals surface area contributed by atoms with Crippen molar-refractivity contribution < 1.29 is 22.7 Å². The lowest BCUT2D eigenvalue weighted by atomic mass is 10.2. The summed E-state index contributed by atoms with van der Waals surface area (Å²) in [4.78, 5) is 23.4. The first kappa shape index (κ1) is 29.5. The van der Waals surface area contributed by atoms with Crippen molar-refractivity contribution in [2.75, 3.05) is 63.3 Å². The maximum atomic E-state index is 13.5. The largest absolute Gasteiger partial charge is 0.497 e. The number of hydrogen-bond acceptors (Lipinski definition) is 10. The number of para-hydroxylation sites is 2. The summed E-state index contributed by atoms with van der Waals surface area (Å²) >= 11 is 0. The van der Waals surface area contributed by atoms with Gasteiger partial charge in [0.25, 0.3) is 10.0 Å². The van der Waals surface area contributed by atoms with Crippen LogP contribution in [0.4, 0.5) is 23.0 Å². The molecule has 13 heteroatoms. The van der Waals surface area contributed by atoms with Crippen molar-refractivity contribution >= 4 is 50.0 Å². The average Bonchev–Trinajstić information content (AvgIpc) is 2.95. The minimum atomic E-state index is -4.13. The standard InChI is InChI=1S/C28H33N7O5S/c1-35(2)13-12-29-18-26(36)30-19-8-7-9-23(16-19)41(37,38)34-28-27(32-24-10-5-6-11-25(24)33-28)31-20-14-21(39-3)17-22(15-20)40-4/h5-11,14-17,29H,12-13,18H2,1-4H3,(H,30,36)(H,31,32)(H,33,34). The van der Waals surface area contributed by atoms with Gasteiger partial charge in [-0.15, -0.1) is 0 Å². The molecule has 0 aliphatic rings. The third-order valence-corrected chi connectivity index (χ3v) is 7.20. The number of benzene rings is 3. The third-order valence-electron chi connectivity index (χ3n) is 5.87. The Kier molecular flexibility index (Phi) is 9.55. The van der Waals surface area contributed by atoms with E-state index in [0.29, 0.717) is 40.5 Å². The molecule has 216 valence electrons.